The number of aromatic carboxylic acids is 1. The highest BCUT2D eigenvalue weighted by Gasteiger charge is 2.13. The third kappa shape index (κ3) is 5.48. The van der Waals surface area contributed by atoms with Gasteiger partial charge >= 0.3 is 12.0 Å². The van der Waals surface area contributed by atoms with Crippen molar-refractivity contribution in [1.29, 1.82) is 0 Å². The van der Waals surface area contributed by atoms with Crippen LogP contribution in [0.1, 0.15) is 23.2 Å². The highest BCUT2D eigenvalue weighted by molar-refractivity contribution is 7.98. The van der Waals surface area contributed by atoms with E-state index in [0.717, 1.165) is 36.8 Å². The van der Waals surface area contributed by atoms with Crippen molar-refractivity contribution >= 4 is 29.4 Å². The first-order valence-electron chi connectivity index (χ1n) is 6.11. The lowest BCUT2D eigenvalue weighted by atomic mass is 10.2. The maximum atomic E-state index is 13.1. The summed E-state index contributed by atoms with van der Waals surface area (Å²) in [6.07, 6.45) is 3.84. The van der Waals surface area contributed by atoms with Gasteiger partial charge in [0.15, 0.2) is 0 Å². The Kier molecular flexibility index (Phi) is 6.86. The number of nitrogens with one attached hydrogen (secondary N) is 2. The number of carbonyl (C=O) groups excluding carboxylic acids is 1. The van der Waals surface area contributed by atoms with Gasteiger partial charge in [-0.05, 0) is 43.0 Å². The number of carbonyl (C=O) groups is 2. The molecule has 0 aromatic heterocycles. The fourth-order valence-corrected chi connectivity index (χ4v) is 2.04. The first-order chi connectivity index (χ1) is 9.54. The topological polar surface area (TPSA) is 78.4 Å². The Morgan fingerprint density at radius 2 is 2.10 bits per heavy atom. The lowest BCUT2D eigenvalue weighted by Crippen LogP contribution is -2.30. The van der Waals surface area contributed by atoms with Crippen molar-refractivity contribution in [3.8, 4) is 0 Å². The molecule has 20 heavy (non-hydrogen) atoms. The molecule has 0 aliphatic carbocycles. The zero-order chi connectivity index (χ0) is 15.0. The van der Waals surface area contributed by atoms with Crippen LogP contribution < -0.4 is 10.6 Å². The third-order valence-electron chi connectivity index (χ3n) is 2.52. The summed E-state index contributed by atoms with van der Waals surface area (Å²) in [4.78, 5) is 22.5. The highest BCUT2D eigenvalue weighted by Crippen LogP contribution is 2.17. The Labute approximate surface area is 120 Å². The fraction of sp³-hybridized carbons (Fsp3) is 0.385. The van der Waals surface area contributed by atoms with E-state index in [1.165, 1.54) is 0 Å². The first kappa shape index (κ1) is 16.3. The fourth-order valence-electron chi connectivity index (χ4n) is 1.55. The van der Waals surface area contributed by atoms with Gasteiger partial charge in [-0.2, -0.15) is 11.8 Å². The summed E-state index contributed by atoms with van der Waals surface area (Å²) in [6, 6.07) is 2.60. The lowest BCUT2D eigenvalue weighted by Gasteiger charge is -2.10. The van der Waals surface area contributed by atoms with Gasteiger partial charge in [-0.3, -0.25) is 0 Å². The minimum atomic E-state index is -1.22. The molecular formula is C13H17FN2O3S. The molecule has 0 radical (unpaired) electrons. The number of unbranched alkanes of at least 4 members (excludes halogenated alkanes) is 1. The molecule has 1 aromatic rings. The Bertz CT molecular complexity index is 483. The van der Waals surface area contributed by atoms with Gasteiger partial charge in [0.25, 0.3) is 0 Å². The van der Waals surface area contributed by atoms with E-state index < -0.39 is 17.8 Å². The largest absolute Gasteiger partial charge is 0.478 e. The number of anilines is 1. The molecule has 0 saturated heterocycles. The average Bonchev–Trinajstić information content (AvgIpc) is 2.38. The normalized spacial score (nSPS) is 10.1. The van der Waals surface area contributed by atoms with Gasteiger partial charge in [0.2, 0.25) is 0 Å². The second-order valence-electron chi connectivity index (χ2n) is 4.08. The third-order valence-corrected chi connectivity index (χ3v) is 3.22. The molecule has 110 valence electrons. The monoisotopic (exact) mass is 300 g/mol. The van der Waals surface area contributed by atoms with Crippen LogP contribution in [-0.2, 0) is 0 Å². The zero-order valence-corrected chi connectivity index (χ0v) is 11.9. The number of benzene rings is 1. The number of carboxylic acids is 1. The predicted molar refractivity (Wildman–Crippen MR) is 78.0 cm³/mol. The van der Waals surface area contributed by atoms with Gasteiger partial charge in [-0.25, -0.2) is 14.0 Å². The molecule has 1 aromatic carbocycles. The summed E-state index contributed by atoms with van der Waals surface area (Å²) in [5.74, 6) is -0.804. The predicted octanol–water partition coefficient (Wildman–Crippen LogP) is 2.79. The number of thioether (sulfide) groups is 1. The number of hydrogen-bond donors (Lipinski definition) is 3. The van der Waals surface area contributed by atoms with Crippen LogP contribution in [0.15, 0.2) is 18.2 Å². The number of halogens is 1. The van der Waals surface area contributed by atoms with E-state index >= 15 is 0 Å². The van der Waals surface area contributed by atoms with Gasteiger partial charge in [-0.15, -0.1) is 0 Å². The Hall–Kier alpha value is -1.76. The zero-order valence-electron chi connectivity index (χ0n) is 11.1. The van der Waals surface area contributed by atoms with Crippen molar-refractivity contribution in [2.24, 2.45) is 0 Å². The smallest absolute Gasteiger partial charge is 0.337 e. The molecular weight excluding hydrogens is 283 g/mol. The molecule has 1 rings (SSSR count). The van der Waals surface area contributed by atoms with Crippen LogP contribution in [0.5, 0.6) is 0 Å². The molecule has 2 amide bonds. The Morgan fingerprint density at radius 3 is 2.75 bits per heavy atom. The van der Waals surface area contributed by atoms with Crippen molar-refractivity contribution in [1.82, 2.24) is 5.32 Å². The van der Waals surface area contributed by atoms with E-state index in [4.69, 9.17) is 5.11 Å². The quantitative estimate of drug-likeness (QED) is 0.677. The molecule has 0 fully saturated rings. The second-order valence-corrected chi connectivity index (χ2v) is 5.06. The van der Waals surface area contributed by atoms with Gasteiger partial charge in [0.05, 0.1) is 11.3 Å². The second kappa shape index (κ2) is 8.42. The van der Waals surface area contributed by atoms with E-state index in [-0.39, 0.29) is 11.3 Å². The maximum absolute atomic E-state index is 13.1. The van der Waals surface area contributed by atoms with Crippen LogP contribution in [-0.4, -0.2) is 35.7 Å². The summed E-state index contributed by atoms with van der Waals surface area (Å²) < 4.78 is 13.1. The van der Waals surface area contributed by atoms with E-state index in [0.29, 0.717) is 6.54 Å². The summed E-state index contributed by atoms with van der Waals surface area (Å²) in [6.45, 7) is 0.490. The van der Waals surface area contributed by atoms with Crippen LogP contribution >= 0.6 is 11.8 Å². The minimum Gasteiger partial charge on any atom is -0.478 e. The molecule has 0 heterocycles. The maximum Gasteiger partial charge on any atom is 0.337 e. The molecule has 0 atom stereocenters. The van der Waals surface area contributed by atoms with E-state index in [1.807, 2.05) is 6.26 Å². The van der Waals surface area contributed by atoms with Crippen LogP contribution in [0, 0.1) is 5.82 Å². The number of rotatable bonds is 7. The lowest BCUT2D eigenvalue weighted by molar-refractivity contribution is 0.0698. The number of hydrogen-bond acceptors (Lipinski definition) is 3. The van der Waals surface area contributed by atoms with Gasteiger partial charge in [0.1, 0.15) is 5.82 Å². The van der Waals surface area contributed by atoms with Crippen molar-refractivity contribution in [2.75, 3.05) is 23.9 Å². The van der Waals surface area contributed by atoms with Crippen molar-refractivity contribution < 1.29 is 19.1 Å². The standard InChI is InChI=1S/C13H17FN2O3S/c1-20-7-3-2-6-15-13(19)16-11-8-9(14)4-5-10(11)12(17)18/h4-5,8H,2-3,6-7H2,1H3,(H,17,18)(H2,15,16,19). The molecule has 0 saturated carbocycles. The van der Waals surface area contributed by atoms with E-state index in [2.05, 4.69) is 10.6 Å². The molecule has 7 heteroatoms. The first-order valence-corrected chi connectivity index (χ1v) is 7.50. The molecule has 0 spiro atoms. The van der Waals surface area contributed by atoms with E-state index in [1.54, 1.807) is 11.8 Å². The summed E-state index contributed by atoms with van der Waals surface area (Å²) in [5, 5.41) is 13.9. The summed E-state index contributed by atoms with van der Waals surface area (Å²) >= 11 is 1.73. The van der Waals surface area contributed by atoms with Crippen LogP contribution in [0.25, 0.3) is 0 Å². The average molecular weight is 300 g/mol. The molecule has 5 nitrogen and oxygen atoms in total. The molecule has 0 aliphatic heterocycles. The van der Waals surface area contributed by atoms with Gasteiger partial charge in [0, 0.05) is 6.54 Å². The minimum absolute atomic E-state index is 0.0564. The van der Waals surface area contributed by atoms with Crippen molar-refractivity contribution in [2.45, 2.75) is 12.8 Å². The molecule has 0 bridgehead atoms. The van der Waals surface area contributed by atoms with Gasteiger partial charge in [-0.1, -0.05) is 0 Å². The molecule has 3 N–H and O–H groups in total. The number of carboxylic acid groups (broad SMARTS) is 1. The Morgan fingerprint density at radius 1 is 1.35 bits per heavy atom. The van der Waals surface area contributed by atoms with E-state index in [9.17, 15) is 14.0 Å². The Balaban J connectivity index is 2.53. The summed E-state index contributed by atoms with van der Waals surface area (Å²) in [7, 11) is 0. The summed E-state index contributed by atoms with van der Waals surface area (Å²) in [5.41, 5.74) is -0.206. The van der Waals surface area contributed by atoms with Crippen LogP contribution in [0.3, 0.4) is 0 Å². The molecule has 0 aliphatic rings. The van der Waals surface area contributed by atoms with Crippen LogP contribution in [0.2, 0.25) is 0 Å². The number of amides is 2. The van der Waals surface area contributed by atoms with Gasteiger partial charge < -0.3 is 15.7 Å². The molecule has 0 unspecified atom stereocenters. The van der Waals surface area contributed by atoms with Crippen molar-refractivity contribution in [3.63, 3.8) is 0 Å². The number of urea groups is 1. The van der Waals surface area contributed by atoms with Crippen molar-refractivity contribution in [3.05, 3.63) is 29.6 Å². The van der Waals surface area contributed by atoms with Crippen LogP contribution in [0.4, 0.5) is 14.9 Å². The highest BCUT2D eigenvalue weighted by atomic mass is 32.2. The SMILES string of the molecule is CSCCCCNC(=O)Nc1cc(F)ccc1C(=O)O.